The predicted molar refractivity (Wildman–Crippen MR) is 114 cm³/mol. The van der Waals surface area contributed by atoms with Crippen molar-refractivity contribution in [3.8, 4) is 11.5 Å². The highest BCUT2D eigenvalue weighted by atomic mass is 32.2. The molecular formula is C22H27NO5S. The third-order valence-electron chi connectivity index (χ3n) is 4.47. The first-order valence-corrected chi connectivity index (χ1v) is 10.7. The van der Waals surface area contributed by atoms with Gasteiger partial charge in [-0.3, -0.25) is 4.79 Å². The molecule has 0 saturated carbocycles. The number of rotatable bonds is 8. The van der Waals surface area contributed by atoms with E-state index in [4.69, 9.17) is 8.92 Å². The Labute approximate surface area is 172 Å². The monoisotopic (exact) mass is 417 g/mol. The van der Waals surface area contributed by atoms with Gasteiger partial charge in [0.1, 0.15) is 4.90 Å². The lowest BCUT2D eigenvalue weighted by atomic mass is 10.0. The van der Waals surface area contributed by atoms with Crippen LogP contribution in [0, 0.1) is 6.92 Å². The van der Waals surface area contributed by atoms with Crippen LogP contribution < -0.4 is 14.2 Å². The average molecular weight is 418 g/mol. The molecular weight excluding hydrogens is 390 g/mol. The van der Waals surface area contributed by atoms with Gasteiger partial charge in [-0.25, -0.2) is 0 Å². The average Bonchev–Trinajstić information content (AvgIpc) is 2.67. The number of hydrogen-bond acceptors (Lipinski definition) is 5. The Balaban J connectivity index is 2.19. The highest BCUT2D eigenvalue weighted by Gasteiger charge is 2.19. The lowest BCUT2D eigenvalue weighted by Crippen LogP contribution is -2.41. The van der Waals surface area contributed by atoms with Crippen molar-refractivity contribution in [3.63, 3.8) is 0 Å². The summed E-state index contributed by atoms with van der Waals surface area (Å²) in [5, 5.41) is 2.91. The van der Waals surface area contributed by atoms with Crippen molar-refractivity contribution in [3.05, 3.63) is 59.7 Å². The molecule has 7 heteroatoms. The zero-order valence-corrected chi connectivity index (χ0v) is 18.2. The van der Waals surface area contributed by atoms with Crippen LogP contribution in [0.3, 0.4) is 0 Å². The van der Waals surface area contributed by atoms with Crippen LogP contribution >= 0.6 is 0 Å². The molecule has 0 aliphatic heterocycles. The van der Waals surface area contributed by atoms with Gasteiger partial charge < -0.3 is 14.2 Å². The Kier molecular flexibility index (Phi) is 7.08. The van der Waals surface area contributed by atoms with Gasteiger partial charge in [-0.1, -0.05) is 30.7 Å². The van der Waals surface area contributed by atoms with Crippen LogP contribution in [0.4, 0.5) is 0 Å². The number of hydrogen-bond donors (Lipinski definition) is 1. The fourth-order valence-electron chi connectivity index (χ4n) is 2.36. The van der Waals surface area contributed by atoms with E-state index in [-0.39, 0.29) is 27.8 Å². The number of amides is 1. The van der Waals surface area contributed by atoms with Crippen molar-refractivity contribution in [2.24, 2.45) is 0 Å². The molecule has 0 spiro atoms. The molecule has 0 aromatic heterocycles. The van der Waals surface area contributed by atoms with E-state index in [9.17, 15) is 13.2 Å². The topological polar surface area (TPSA) is 81.7 Å². The summed E-state index contributed by atoms with van der Waals surface area (Å²) in [5.74, 6) is 0.108. The van der Waals surface area contributed by atoms with Crippen LogP contribution in [0.1, 0.15) is 38.3 Å². The van der Waals surface area contributed by atoms with Gasteiger partial charge >= 0.3 is 10.1 Å². The summed E-state index contributed by atoms with van der Waals surface area (Å²) in [6.07, 6.45) is 3.86. The zero-order valence-electron chi connectivity index (χ0n) is 17.4. The second-order valence-corrected chi connectivity index (χ2v) is 8.87. The Hall–Kier alpha value is -2.80. The molecule has 2 aromatic rings. The number of nitrogens with one attached hydrogen (secondary N) is 1. The summed E-state index contributed by atoms with van der Waals surface area (Å²) < 4.78 is 35.5. The standard InChI is InChI=1S/C22H27NO5S/c1-6-22(3,4)23-21(24)14-10-17-9-13-19(20(15-17)27-5)28-29(25,26)18-11-7-16(2)8-12-18/h7-15H,6H2,1-5H3,(H,23,24)/b14-10+. The van der Waals surface area contributed by atoms with E-state index in [1.54, 1.807) is 30.3 Å². The van der Waals surface area contributed by atoms with Crippen molar-refractivity contribution in [2.45, 2.75) is 44.6 Å². The molecule has 0 unspecified atom stereocenters. The molecule has 0 aliphatic rings. The summed E-state index contributed by atoms with van der Waals surface area (Å²) >= 11 is 0. The zero-order chi connectivity index (χ0) is 21.7. The van der Waals surface area contributed by atoms with Crippen LogP contribution in [0.25, 0.3) is 6.08 Å². The lowest BCUT2D eigenvalue weighted by molar-refractivity contribution is -0.118. The first-order valence-electron chi connectivity index (χ1n) is 9.26. The van der Waals surface area contributed by atoms with Gasteiger partial charge in [-0.05, 0) is 63.1 Å². The Morgan fingerprint density at radius 2 is 1.76 bits per heavy atom. The van der Waals surface area contributed by atoms with Crippen molar-refractivity contribution in [1.82, 2.24) is 5.32 Å². The second kappa shape index (κ2) is 9.13. The number of carbonyl (C=O) groups is 1. The van der Waals surface area contributed by atoms with E-state index in [0.717, 1.165) is 12.0 Å². The maximum absolute atomic E-state index is 12.5. The molecule has 0 atom stereocenters. The van der Waals surface area contributed by atoms with Crippen LogP contribution in [0.15, 0.2) is 53.4 Å². The van der Waals surface area contributed by atoms with E-state index >= 15 is 0 Å². The molecule has 1 N–H and O–H groups in total. The molecule has 6 nitrogen and oxygen atoms in total. The molecule has 0 heterocycles. The Morgan fingerprint density at radius 1 is 1.10 bits per heavy atom. The van der Waals surface area contributed by atoms with Crippen LogP contribution in [0.2, 0.25) is 0 Å². The minimum Gasteiger partial charge on any atom is -0.493 e. The molecule has 1 amide bonds. The third kappa shape index (κ3) is 6.35. The summed E-state index contributed by atoms with van der Waals surface area (Å²) in [7, 11) is -2.57. The molecule has 0 aliphatic carbocycles. The summed E-state index contributed by atoms with van der Waals surface area (Å²) in [5.41, 5.74) is 1.33. The third-order valence-corrected chi connectivity index (χ3v) is 5.72. The Morgan fingerprint density at radius 3 is 2.34 bits per heavy atom. The summed E-state index contributed by atoms with van der Waals surface area (Å²) in [6, 6.07) is 11.1. The molecule has 0 saturated heterocycles. The van der Waals surface area contributed by atoms with Crippen molar-refractivity contribution < 1.29 is 22.1 Å². The van der Waals surface area contributed by atoms with Gasteiger partial charge in [0.05, 0.1) is 7.11 Å². The van der Waals surface area contributed by atoms with Gasteiger partial charge in [0.25, 0.3) is 0 Å². The minimum atomic E-state index is -3.99. The fraction of sp³-hybridized carbons (Fsp3) is 0.318. The Bertz CT molecular complexity index is 992. The first-order chi connectivity index (χ1) is 13.6. The van der Waals surface area contributed by atoms with Gasteiger partial charge in [0.15, 0.2) is 11.5 Å². The van der Waals surface area contributed by atoms with Crippen molar-refractivity contribution in [2.75, 3.05) is 7.11 Å². The smallest absolute Gasteiger partial charge is 0.339 e. The molecule has 0 radical (unpaired) electrons. The van der Waals surface area contributed by atoms with Crippen LogP contribution in [-0.4, -0.2) is 27.0 Å². The van der Waals surface area contributed by atoms with E-state index in [0.29, 0.717) is 5.56 Å². The van der Waals surface area contributed by atoms with Gasteiger partial charge in [-0.15, -0.1) is 0 Å². The van der Waals surface area contributed by atoms with Gasteiger partial charge in [0.2, 0.25) is 5.91 Å². The predicted octanol–water partition coefficient (Wildman–Crippen LogP) is 4.09. The lowest BCUT2D eigenvalue weighted by Gasteiger charge is -2.23. The fourth-order valence-corrected chi connectivity index (χ4v) is 3.30. The van der Waals surface area contributed by atoms with E-state index in [1.807, 2.05) is 27.7 Å². The molecule has 2 rings (SSSR count). The minimum absolute atomic E-state index is 0.0596. The molecule has 2 aromatic carbocycles. The number of ether oxygens (including phenoxy) is 1. The van der Waals surface area contributed by atoms with Gasteiger partial charge in [0, 0.05) is 11.6 Å². The molecule has 0 fully saturated rings. The normalized spacial score (nSPS) is 12.0. The molecule has 156 valence electrons. The quantitative estimate of drug-likeness (QED) is 0.517. The highest BCUT2D eigenvalue weighted by molar-refractivity contribution is 7.87. The SMILES string of the molecule is CCC(C)(C)NC(=O)/C=C/c1ccc(OS(=O)(=O)c2ccc(C)cc2)c(OC)c1. The number of aryl methyl sites for hydroxylation is 1. The van der Waals surface area contributed by atoms with Crippen LogP contribution in [0.5, 0.6) is 11.5 Å². The number of benzene rings is 2. The van der Waals surface area contributed by atoms with Crippen molar-refractivity contribution in [1.29, 1.82) is 0 Å². The van der Waals surface area contributed by atoms with E-state index < -0.39 is 10.1 Å². The molecule has 29 heavy (non-hydrogen) atoms. The second-order valence-electron chi connectivity index (χ2n) is 7.32. The number of carbonyl (C=O) groups excluding carboxylic acids is 1. The summed E-state index contributed by atoms with van der Waals surface area (Å²) in [6.45, 7) is 7.76. The summed E-state index contributed by atoms with van der Waals surface area (Å²) in [4.78, 5) is 12.1. The maximum Gasteiger partial charge on any atom is 0.339 e. The van der Waals surface area contributed by atoms with Crippen molar-refractivity contribution >= 4 is 22.1 Å². The maximum atomic E-state index is 12.5. The highest BCUT2D eigenvalue weighted by Crippen LogP contribution is 2.31. The molecule has 0 bridgehead atoms. The first kappa shape index (κ1) is 22.5. The van der Waals surface area contributed by atoms with Gasteiger partial charge in [-0.2, -0.15) is 8.42 Å². The van der Waals surface area contributed by atoms with E-state index in [1.165, 1.54) is 31.4 Å². The number of methoxy groups -OCH3 is 1. The van der Waals surface area contributed by atoms with E-state index in [2.05, 4.69) is 5.32 Å². The van der Waals surface area contributed by atoms with Crippen LogP contribution in [-0.2, 0) is 14.9 Å². The largest absolute Gasteiger partial charge is 0.493 e.